The number of amides is 1. The van der Waals surface area contributed by atoms with Crippen LogP contribution in [0.3, 0.4) is 0 Å². The van der Waals surface area contributed by atoms with Crippen LogP contribution in [0.1, 0.15) is 12.1 Å². The number of aromatic nitrogens is 1. The Morgan fingerprint density at radius 1 is 1.33 bits per heavy atom. The van der Waals surface area contributed by atoms with E-state index in [2.05, 4.69) is 10.3 Å². The Morgan fingerprint density at radius 2 is 2.10 bits per heavy atom. The first kappa shape index (κ1) is 15.1. The number of thiazole rings is 1. The van der Waals surface area contributed by atoms with Crippen molar-refractivity contribution in [3.05, 3.63) is 29.3 Å². The molecule has 1 aromatic heterocycles. The number of nitrogens with one attached hydrogen (secondary N) is 1. The molecule has 2 rings (SSSR count). The molecule has 0 atom stereocenters. The molecule has 21 heavy (non-hydrogen) atoms. The number of methoxy groups -OCH3 is 2. The average molecular weight is 307 g/mol. The number of hydrogen-bond donors (Lipinski definition) is 2. The van der Waals surface area contributed by atoms with Crippen LogP contribution in [-0.2, 0) is 11.2 Å². The molecular formula is C14H17N3O3S. The van der Waals surface area contributed by atoms with Crippen LogP contribution in [0.2, 0.25) is 0 Å². The van der Waals surface area contributed by atoms with Crippen molar-refractivity contribution in [2.75, 3.05) is 25.3 Å². The third-order valence-electron chi connectivity index (χ3n) is 2.85. The van der Waals surface area contributed by atoms with Crippen LogP contribution in [0.25, 0.3) is 0 Å². The molecule has 1 amide bonds. The molecule has 0 aliphatic heterocycles. The highest BCUT2D eigenvalue weighted by Crippen LogP contribution is 2.29. The van der Waals surface area contributed by atoms with E-state index in [0.717, 1.165) is 5.69 Å². The van der Waals surface area contributed by atoms with Crippen molar-refractivity contribution in [2.45, 2.75) is 12.8 Å². The van der Waals surface area contributed by atoms with Gasteiger partial charge in [0.2, 0.25) is 5.91 Å². The second-order valence-electron chi connectivity index (χ2n) is 4.30. The van der Waals surface area contributed by atoms with Crippen molar-refractivity contribution >= 4 is 28.1 Å². The van der Waals surface area contributed by atoms with Crippen LogP contribution in [0, 0.1) is 0 Å². The minimum Gasteiger partial charge on any atom is -0.493 e. The number of nitrogen functional groups attached to an aromatic ring is 1. The van der Waals surface area contributed by atoms with E-state index in [1.165, 1.54) is 11.3 Å². The number of anilines is 2. The van der Waals surface area contributed by atoms with Gasteiger partial charge in [-0.2, -0.15) is 0 Å². The highest BCUT2D eigenvalue weighted by molar-refractivity contribution is 7.13. The van der Waals surface area contributed by atoms with Gasteiger partial charge in [-0.15, -0.1) is 11.3 Å². The lowest BCUT2D eigenvalue weighted by Crippen LogP contribution is -2.12. The number of benzene rings is 1. The van der Waals surface area contributed by atoms with E-state index < -0.39 is 0 Å². The molecular weight excluding hydrogens is 290 g/mol. The van der Waals surface area contributed by atoms with Crippen LogP contribution in [-0.4, -0.2) is 25.1 Å². The molecule has 3 N–H and O–H groups in total. The molecule has 0 aliphatic rings. The summed E-state index contributed by atoms with van der Waals surface area (Å²) in [5, 5.41) is 5.19. The SMILES string of the molecule is COc1ccc(NC(=O)CCc2csc(N)n2)cc1OC. The molecule has 0 saturated carbocycles. The zero-order valence-electron chi connectivity index (χ0n) is 11.9. The number of rotatable bonds is 6. The Labute approximate surface area is 126 Å². The molecule has 7 heteroatoms. The second kappa shape index (κ2) is 6.94. The first-order valence-electron chi connectivity index (χ1n) is 6.34. The van der Waals surface area contributed by atoms with E-state index in [4.69, 9.17) is 15.2 Å². The maximum absolute atomic E-state index is 11.9. The van der Waals surface area contributed by atoms with Gasteiger partial charge in [-0.1, -0.05) is 0 Å². The summed E-state index contributed by atoms with van der Waals surface area (Å²) in [6.45, 7) is 0. The zero-order valence-corrected chi connectivity index (χ0v) is 12.7. The molecule has 0 saturated heterocycles. The summed E-state index contributed by atoms with van der Waals surface area (Å²) in [5.74, 6) is 1.10. The van der Waals surface area contributed by atoms with Gasteiger partial charge >= 0.3 is 0 Å². The van der Waals surface area contributed by atoms with Gasteiger partial charge in [0.1, 0.15) is 0 Å². The van der Waals surface area contributed by atoms with Crippen molar-refractivity contribution < 1.29 is 14.3 Å². The molecule has 0 fully saturated rings. The average Bonchev–Trinajstić information content (AvgIpc) is 2.90. The first-order valence-corrected chi connectivity index (χ1v) is 7.22. The maximum Gasteiger partial charge on any atom is 0.224 e. The Morgan fingerprint density at radius 3 is 2.71 bits per heavy atom. The van der Waals surface area contributed by atoms with Crippen molar-refractivity contribution in [1.82, 2.24) is 4.98 Å². The van der Waals surface area contributed by atoms with E-state index in [9.17, 15) is 4.79 Å². The smallest absolute Gasteiger partial charge is 0.224 e. The Bertz CT molecular complexity index is 628. The first-order chi connectivity index (χ1) is 10.1. The summed E-state index contributed by atoms with van der Waals surface area (Å²) < 4.78 is 10.3. The van der Waals surface area contributed by atoms with Crippen molar-refractivity contribution in [3.8, 4) is 11.5 Å². The molecule has 0 spiro atoms. The standard InChI is InChI=1S/C14H17N3O3S/c1-19-11-5-3-9(7-12(11)20-2)16-13(18)6-4-10-8-21-14(15)17-10/h3,5,7-8H,4,6H2,1-2H3,(H2,15,17)(H,16,18). The van der Waals surface area contributed by atoms with Gasteiger partial charge in [-0.25, -0.2) is 4.98 Å². The number of carbonyl (C=O) groups is 1. The van der Waals surface area contributed by atoms with Crippen molar-refractivity contribution in [1.29, 1.82) is 0 Å². The number of aryl methyl sites for hydroxylation is 1. The van der Waals surface area contributed by atoms with Gasteiger partial charge in [-0.05, 0) is 18.6 Å². The summed E-state index contributed by atoms with van der Waals surface area (Å²) in [7, 11) is 3.12. The van der Waals surface area contributed by atoms with Crippen LogP contribution in [0.4, 0.5) is 10.8 Å². The van der Waals surface area contributed by atoms with Gasteiger partial charge in [0.15, 0.2) is 16.6 Å². The fourth-order valence-corrected chi connectivity index (χ4v) is 2.41. The Hall–Kier alpha value is -2.28. The zero-order chi connectivity index (χ0) is 15.2. The predicted molar refractivity (Wildman–Crippen MR) is 83.0 cm³/mol. The molecule has 6 nitrogen and oxygen atoms in total. The molecule has 0 radical (unpaired) electrons. The van der Waals surface area contributed by atoms with Crippen LogP contribution in [0.15, 0.2) is 23.6 Å². The summed E-state index contributed by atoms with van der Waals surface area (Å²) in [5.41, 5.74) is 7.04. The number of nitrogens with zero attached hydrogens (tertiary/aromatic N) is 1. The maximum atomic E-state index is 11.9. The lowest BCUT2D eigenvalue weighted by atomic mass is 10.2. The van der Waals surface area contributed by atoms with Gasteiger partial charge in [-0.3, -0.25) is 4.79 Å². The van der Waals surface area contributed by atoms with E-state index in [0.29, 0.717) is 35.2 Å². The van der Waals surface area contributed by atoms with E-state index in [1.54, 1.807) is 32.4 Å². The summed E-state index contributed by atoms with van der Waals surface area (Å²) >= 11 is 1.37. The van der Waals surface area contributed by atoms with Gasteiger partial charge in [0, 0.05) is 23.6 Å². The number of hydrogen-bond acceptors (Lipinski definition) is 6. The molecule has 0 bridgehead atoms. The van der Waals surface area contributed by atoms with Crippen molar-refractivity contribution in [3.63, 3.8) is 0 Å². The molecule has 2 aromatic rings. The minimum absolute atomic E-state index is 0.0891. The predicted octanol–water partition coefficient (Wildman–Crippen LogP) is 2.31. The third kappa shape index (κ3) is 4.09. The number of ether oxygens (including phenoxy) is 2. The van der Waals surface area contributed by atoms with E-state index >= 15 is 0 Å². The van der Waals surface area contributed by atoms with Gasteiger partial charge in [0.05, 0.1) is 19.9 Å². The number of carbonyl (C=O) groups excluding carboxylic acids is 1. The van der Waals surface area contributed by atoms with Crippen molar-refractivity contribution in [2.24, 2.45) is 0 Å². The molecule has 112 valence electrons. The van der Waals surface area contributed by atoms with E-state index in [1.807, 2.05) is 5.38 Å². The minimum atomic E-state index is -0.0891. The fourth-order valence-electron chi connectivity index (χ4n) is 1.82. The topological polar surface area (TPSA) is 86.5 Å². The molecule has 1 aromatic carbocycles. The summed E-state index contributed by atoms with van der Waals surface area (Å²) in [6.07, 6.45) is 0.907. The Kier molecular flexibility index (Phi) is 4.99. The van der Waals surface area contributed by atoms with Gasteiger partial charge in [0.25, 0.3) is 0 Å². The molecule has 0 aliphatic carbocycles. The lowest BCUT2D eigenvalue weighted by molar-refractivity contribution is -0.116. The van der Waals surface area contributed by atoms with E-state index in [-0.39, 0.29) is 5.91 Å². The van der Waals surface area contributed by atoms with Crippen LogP contribution in [0.5, 0.6) is 11.5 Å². The molecule has 0 unspecified atom stereocenters. The second-order valence-corrected chi connectivity index (χ2v) is 5.18. The highest BCUT2D eigenvalue weighted by Gasteiger charge is 2.08. The summed E-state index contributed by atoms with van der Waals surface area (Å²) in [6, 6.07) is 5.23. The lowest BCUT2D eigenvalue weighted by Gasteiger charge is -2.10. The Balaban J connectivity index is 1.93. The van der Waals surface area contributed by atoms with Gasteiger partial charge < -0.3 is 20.5 Å². The van der Waals surface area contributed by atoms with Crippen LogP contribution < -0.4 is 20.5 Å². The summed E-state index contributed by atoms with van der Waals surface area (Å²) in [4.78, 5) is 16.0. The van der Waals surface area contributed by atoms with Crippen LogP contribution >= 0.6 is 11.3 Å². The number of nitrogens with two attached hydrogens (primary N) is 1. The monoisotopic (exact) mass is 307 g/mol. The highest BCUT2D eigenvalue weighted by atomic mass is 32.1. The normalized spacial score (nSPS) is 10.2. The quantitative estimate of drug-likeness (QED) is 0.855. The largest absolute Gasteiger partial charge is 0.493 e. The third-order valence-corrected chi connectivity index (χ3v) is 3.57. The molecule has 1 heterocycles. The fraction of sp³-hybridized carbons (Fsp3) is 0.286.